The van der Waals surface area contributed by atoms with Crippen LogP contribution < -0.4 is 4.90 Å². The molecule has 0 radical (unpaired) electrons. The first kappa shape index (κ1) is 18.8. The van der Waals surface area contributed by atoms with Crippen LogP contribution in [0.4, 0.5) is 5.95 Å². The molecule has 1 aliphatic rings. The van der Waals surface area contributed by atoms with Crippen molar-refractivity contribution in [2.45, 2.75) is 26.4 Å². The second-order valence-electron chi connectivity index (χ2n) is 6.46. The van der Waals surface area contributed by atoms with Crippen LogP contribution >= 0.6 is 0 Å². The van der Waals surface area contributed by atoms with E-state index in [0.717, 1.165) is 12.0 Å². The molecular formula is C20H24N4O3. The lowest BCUT2D eigenvalue weighted by molar-refractivity contribution is -0.140. The van der Waals surface area contributed by atoms with Crippen LogP contribution in [0.5, 0.6) is 0 Å². The fourth-order valence-electron chi connectivity index (χ4n) is 2.99. The Balaban J connectivity index is 1.52. The van der Waals surface area contributed by atoms with E-state index in [1.807, 2.05) is 17.0 Å². The zero-order valence-electron chi connectivity index (χ0n) is 15.7. The first-order chi connectivity index (χ1) is 13.1. The Morgan fingerprint density at radius 3 is 2.30 bits per heavy atom. The molecule has 1 saturated heterocycles. The molecule has 7 heteroatoms. The molecule has 1 aromatic heterocycles. The SMILES string of the molecule is CCc1ccc(C(=O)OC(C)C(=O)N2CCN(c3ncccn3)CC2)cc1. The molecule has 0 spiro atoms. The maximum absolute atomic E-state index is 12.6. The van der Waals surface area contributed by atoms with E-state index < -0.39 is 12.1 Å². The van der Waals surface area contributed by atoms with Gasteiger partial charge in [-0.15, -0.1) is 0 Å². The van der Waals surface area contributed by atoms with Crippen molar-refractivity contribution in [3.05, 3.63) is 53.9 Å². The van der Waals surface area contributed by atoms with Crippen LogP contribution in [-0.4, -0.2) is 59.0 Å². The number of hydrogen-bond donors (Lipinski definition) is 0. The fourth-order valence-corrected chi connectivity index (χ4v) is 2.99. The van der Waals surface area contributed by atoms with Gasteiger partial charge >= 0.3 is 5.97 Å². The van der Waals surface area contributed by atoms with Crippen molar-refractivity contribution in [1.82, 2.24) is 14.9 Å². The van der Waals surface area contributed by atoms with E-state index in [1.54, 1.807) is 42.4 Å². The summed E-state index contributed by atoms with van der Waals surface area (Å²) in [6, 6.07) is 9.03. The summed E-state index contributed by atoms with van der Waals surface area (Å²) in [6.07, 6.45) is 3.50. The number of anilines is 1. The van der Waals surface area contributed by atoms with Crippen LogP contribution in [0.2, 0.25) is 0 Å². The number of carbonyl (C=O) groups excluding carboxylic acids is 2. The number of rotatable bonds is 5. The number of benzene rings is 1. The lowest BCUT2D eigenvalue weighted by Gasteiger charge is -2.35. The Labute approximate surface area is 159 Å². The van der Waals surface area contributed by atoms with Crippen LogP contribution in [0.1, 0.15) is 29.8 Å². The molecule has 0 bridgehead atoms. The lowest BCUT2D eigenvalue weighted by Crippen LogP contribution is -2.52. The normalized spacial score (nSPS) is 15.3. The lowest BCUT2D eigenvalue weighted by atomic mass is 10.1. The molecule has 0 aliphatic carbocycles. The van der Waals surface area contributed by atoms with Gasteiger partial charge in [0.25, 0.3) is 5.91 Å². The van der Waals surface area contributed by atoms with Gasteiger partial charge in [0.05, 0.1) is 5.56 Å². The van der Waals surface area contributed by atoms with E-state index in [1.165, 1.54) is 0 Å². The van der Waals surface area contributed by atoms with Crippen LogP contribution in [0.25, 0.3) is 0 Å². The van der Waals surface area contributed by atoms with Gasteiger partial charge < -0.3 is 14.5 Å². The molecular weight excluding hydrogens is 344 g/mol. The molecule has 1 aliphatic heterocycles. The minimum Gasteiger partial charge on any atom is -0.449 e. The van der Waals surface area contributed by atoms with E-state index in [4.69, 9.17) is 4.74 Å². The van der Waals surface area contributed by atoms with Crippen LogP contribution in [0, 0.1) is 0 Å². The van der Waals surface area contributed by atoms with Gasteiger partial charge in [-0.1, -0.05) is 19.1 Å². The molecule has 2 aromatic rings. The zero-order chi connectivity index (χ0) is 19.2. The maximum atomic E-state index is 12.6. The maximum Gasteiger partial charge on any atom is 0.338 e. The number of esters is 1. The largest absolute Gasteiger partial charge is 0.449 e. The van der Waals surface area contributed by atoms with Gasteiger partial charge in [-0.05, 0) is 37.1 Å². The van der Waals surface area contributed by atoms with Crippen LogP contribution in [-0.2, 0) is 16.0 Å². The number of carbonyl (C=O) groups is 2. The third-order valence-corrected chi connectivity index (χ3v) is 4.66. The number of piperazine rings is 1. The number of aryl methyl sites for hydroxylation is 1. The first-order valence-electron chi connectivity index (χ1n) is 9.19. The minimum absolute atomic E-state index is 0.179. The van der Waals surface area contributed by atoms with E-state index in [0.29, 0.717) is 37.7 Å². The monoisotopic (exact) mass is 368 g/mol. The average Bonchev–Trinajstić information content (AvgIpc) is 2.74. The van der Waals surface area contributed by atoms with Crippen molar-refractivity contribution >= 4 is 17.8 Å². The third kappa shape index (κ3) is 4.61. The molecule has 0 saturated carbocycles. The highest BCUT2D eigenvalue weighted by Gasteiger charge is 2.28. The summed E-state index contributed by atoms with van der Waals surface area (Å²) in [7, 11) is 0. The second-order valence-corrected chi connectivity index (χ2v) is 6.46. The Morgan fingerprint density at radius 2 is 1.70 bits per heavy atom. The van der Waals surface area contributed by atoms with Gasteiger partial charge in [0.15, 0.2) is 6.10 Å². The van der Waals surface area contributed by atoms with E-state index in [2.05, 4.69) is 16.9 Å². The first-order valence-corrected chi connectivity index (χ1v) is 9.19. The number of aromatic nitrogens is 2. The summed E-state index contributed by atoms with van der Waals surface area (Å²) in [4.78, 5) is 37.1. The van der Waals surface area contributed by atoms with Gasteiger partial charge in [0.2, 0.25) is 5.95 Å². The molecule has 27 heavy (non-hydrogen) atoms. The summed E-state index contributed by atoms with van der Waals surface area (Å²) < 4.78 is 5.37. The van der Waals surface area contributed by atoms with E-state index in [-0.39, 0.29) is 5.91 Å². The molecule has 1 aromatic carbocycles. The van der Waals surface area contributed by atoms with Crippen molar-refractivity contribution in [2.24, 2.45) is 0 Å². The molecule has 1 fully saturated rings. The van der Waals surface area contributed by atoms with Gasteiger partial charge in [-0.25, -0.2) is 14.8 Å². The van der Waals surface area contributed by atoms with Crippen molar-refractivity contribution in [1.29, 1.82) is 0 Å². The molecule has 1 amide bonds. The number of nitrogens with zero attached hydrogens (tertiary/aromatic N) is 4. The number of amides is 1. The number of ether oxygens (including phenoxy) is 1. The van der Waals surface area contributed by atoms with Crippen LogP contribution in [0.3, 0.4) is 0 Å². The standard InChI is InChI=1S/C20H24N4O3/c1-3-16-5-7-17(8-6-16)19(26)27-15(2)18(25)23-11-13-24(14-12-23)20-21-9-4-10-22-20/h4-10,15H,3,11-14H2,1-2H3. The summed E-state index contributed by atoms with van der Waals surface area (Å²) in [5.74, 6) is 0.0107. The van der Waals surface area contributed by atoms with Gasteiger partial charge in [0.1, 0.15) is 0 Å². The van der Waals surface area contributed by atoms with Crippen molar-refractivity contribution in [3.63, 3.8) is 0 Å². The molecule has 1 atom stereocenters. The highest BCUT2D eigenvalue weighted by Crippen LogP contribution is 2.13. The van der Waals surface area contributed by atoms with E-state index >= 15 is 0 Å². The topological polar surface area (TPSA) is 75.6 Å². The minimum atomic E-state index is -0.817. The predicted molar refractivity (Wildman–Crippen MR) is 102 cm³/mol. The Kier molecular flexibility index (Phi) is 6.01. The molecule has 2 heterocycles. The summed E-state index contributed by atoms with van der Waals surface area (Å²) >= 11 is 0. The van der Waals surface area contributed by atoms with Crippen molar-refractivity contribution in [2.75, 3.05) is 31.1 Å². The zero-order valence-corrected chi connectivity index (χ0v) is 15.7. The predicted octanol–water partition coefficient (Wildman–Crippen LogP) is 1.93. The molecule has 1 unspecified atom stereocenters. The Hall–Kier alpha value is -2.96. The fraction of sp³-hybridized carbons (Fsp3) is 0.400. The highest BCUT2D eigenvalue weighted by atomic mass is 16.5. The highest BCUT2D eigenvalue weighted by molar-refractivity contribution is 5.92. The van der Waals surface area contributed by atoms with E-state index in [9.17, 15) is 9.59 Å². The smallest absolute Gasteiger partial charge is 0.338 e. The molecule has 142 valence electrons. The van der Waals surface area contributed by atoms with Crippen molar-refractivity contribution in [3.8, 4) is 0 Å². The summed E-state index contributed by atoms with van der Waals surface area (Å²) in [6.45, 7) is 6.06. The number of hydrogen-bond acceptors (Lipinski definition) is 6. The Bertz CT molecular complexity index is 772. The van der Waals surface area contributed by atoms with Crippen LogP contribution in [0.15, 0.2) is 42.7 Å². The van der Waals surface area contributed by atoms with Crippen molar-refractivity contribution < 1.29 is 14.3 Å². The van der Waals surface area contributed by atoms with Gasteiger partial charge in [0, 0.05) is 38.6 Å². The third-order valence-electron chi connectivity index (χ3n) is 4.66. The Morgan fingerprint density at radius 1 is 1.07 bits per heavy atom. The molecule has 3 rings (SSSR count). The molecule has 0 N–H and O–H groups in total. The van der Waals surface area contributed by atoms with Gasteiger partial charge in [-0.3, -0.25) is 4.79 Å². The molecule has 7 nitrogen and oxygen atoms in total. The summed E-state index contributed by atoms with van der Waals surface area (Å²) in [5, 5.41) is 0. The second kappa shape index (κ2) is 8.62. The quantitative estimate of drug-likeness (QED) is 0.751. The van der Waals surface area contributed by atoms with Gasteiger partial charge in [-0.2, -0.15) is 0 Å². The average molecular weight is 368 g/mol. The summed E-state index contributed by atoms with van der Waals surface area (Å²) in [5.41, 5.74) is 1.61.